The van der Waals surface area contributed by atoms with Gasteiger partial charge in [0.1, 0.15) is 55.9 Å². The van der Waals surface area contributed by atoms with Gasteiger partial charge in [0, 0.05) is 0 Å². The number of esters is 2. The molecule has 284 valence electrons. The molecule has 0 heterocycles. The molecule has 0 aliphatic rings. The van der Waals surface area contributed by atoms with E-state index in [0.717, 1.165) is 27.1 Å². The molecule has 0 spiro atoms. The molecule has 13 heteroatoms. The Hall–Kier alpha value is -5.99. The molecule has 3 N–H and O–H groups in total. The standard InChI is InChI=1S/C42H38O12S/c1-50-38-9-8-30-20-33(7-5-31(30)21-38)42(47)54-26-35(45)24-52-37-12-16-40(17-13-37)55(48,49)39-14-10-36(11-15-39)51-23-34(44)25-53-41(46)32-6-4-28-18-27(22-43)2-3-29(28)19-32/h2-21,34-35,43-45H,22-26H2,1H3. The minimum Gasteiger partial charge on any atom is -0.497 e. The maximum absolute atomic E-state index is 13.2. The van der Waals surface area contributed by atoms with Crippen LogP contribution in [0.2, 0.25) is 0 Å². The smallest absolute Gasteiger partial charge is 0.338 e. The largest absolute Gasteiger partial charge is 0.497 e. The van der Waals surface area contributed by atoms with Crippen molar-refractivity contribution in [1.82, 2.24) is 0 Å². The van der Waals surface area contributed by atoms with Gasteiger partial charge in [-0.05, 0) is 118 Å². The van der Waals surface area contributed by atoms with Gasteiger partial charge in [-0.1, -0.05) is 30.3 Å². The highest BCUT2D eigenvalue weighted by Crippen LogP contribution is 2.26. The SMILES string of the molecule is COc1ccc2cc(C(=O)OCC(O)COc3ccc(S(=O)(=O)c4ccc(OCC(O)COC(=O)c5ccc6cc(CO)ccc6c5)cc4)cc3)ccc2c1. The van der Waals surface area contributed by atoms with Gasteiger partial charge < -0.3 is 39.0 Å². The van der Waals surface area contributed by atoms with Crippen molar-refractivity contribution in [2.75, 3.05) is 33.5 Å². The van der Waals surface area contributed by atoms with Crippen molar-refractivity contribution in [2.45, 2.75) is 28.6 Å². The molecule has 0 radical (unpaired) electrons. The lowest BCUT2D eigenvalue weighted by molar-refractivity contribution is 0.0127. The number of ether oxygens (including phenoxy) is 5. The highest BCUT2D eigenvalue weighted by Gasteiger charge is 2.19. The topological polar surface area (TPSA) is 175 Å². The number of methoxy groups -OCH3 is 1. The Bertz CT molecular complexity index is 2230. The number of sulfone groups is 1. The maximum atomic E-state index is 13.2. The van der Waals surface area contributed by atoms with E-state index in [1.807, 2.05) is 18.2 Å². The highest BCUT2D eigenvalue weighted by molar-refractivity contribution is 7.91. The molecule has 12 nitrogen and oxygen atoms in total. The third-order valence-corrected chi connectivity index (χ3v) is 10.4. The Labute approximate surface area is 317 Å². The number of carbonyl (C=O) groups is 2. The van der Waals surface area contributed by atoms with Crippen LogP contribution in [-0.2, 0) is 25.9 Å². The van der Waals surface area contributed by atoms with E-state index in [9.17, 15) is 33.3 Å². The van der Waals surface area contributed by atoms with Crippen molar-refractivity contribution in [2.24, 2.45) is 0 Å². The van der Waals surface area contributed by atoms with Gasteiger partial charge in [-0.3, -0.25) is 0 Å². The number of rotatable bonds is 16. The molecule has 6 aromatic rings. The lowest BCUT2D eigenvalue weighted by atomic mass is 10.0. The second-order valence-corrected chi connectivity index (χ2v) is 14.5. The van der Waals surface area contributed by atoms with E-state index in [4.69, 9.17) is 23.7 Å². The molecule has 0 aromatic heterocycles. The normalized spacial score (nSPS) is 12.5. The number of benzene rings is 6. The molecular formula is C42H38O12S. The molecule has 0 saturated heterocycles. The first-order chi connectivity index (χ1) is 26.5. The fourth-order valence-corrected chi connectivity index (χ4v) is 6.82. The number of hydrogen-bond donors (Lipinski definition) is 3. The zero-order valence-electron chi connectivity index (χ0n) is 29.7. The van der Waals surface area contributed by atoms with Crippen LogP contribution in [0.4, 0.5) is 0 Å². The highest BCUT2D eigenvalue weighted by atomic mass is 32.2. The van der Waals surface area contributed by atoms with Crippen molar-refractivity contribution in [3.05, 3.63) is 138 Å². The summed E-state index contributed by atoms with van der Waals surface area (Å²) < 4.78 is 53.4. The minimum atomic E-state index is -3.90. The van der Waals surface area contributed by atoms with Crippen LogP contribution in [0.3, 0.4) is 0 Å². The van der Waals surface area contributed by atoms with Crippen LogP contribution in [0.1, 0.15) is 26.3 Å². The van der Waals surface area contributed by atoms with Gasteiger partial charge in [0.2, 0.25) is 9.84 Å². The van der Waals surface area contributed by atoms with E-state index in [1.165, 1.54) is 48.5 Å². The van der Waals surface area contributed by atoms with E-state index < -0.39 is 34.0 Å². The summed E-state index contributed by atoms with van der Waals surface area (Å²) >= 11 is 0. The summed E-state index contributed by atoms with van der Waals surface area (Å²) in [7, 11) is -2.32. The lowest BCUT2D eigenvalue weighted by Gasteiger charge is -2.14. The third-order valence-electron chi connectivity index (χ3n) is 8.57. The Balaban J connectivity index is 0.932. The molecule has 0 fully saturated rings. The summed E-state index contributed by atoms with van der Waals surface area (Å²) in [5.41, 5.74) is 1.40. The maximum Gasteiger partial charge on any atom is 0.338 e. The molecule has 0 bridgehead atoms. The summed E-state index contributed by atoms with van der Waals surface area (Å²) in [4.78, 5) is 25.1. The molecule has 0 aliphatic heterocycles. The number of aliphatic hydroxyl groups is 3. The van der Waals surface area contributed by atoms with E-state index in [-0.39, 0.29) is 42.8 Å². The Morgan fingerprint density at radius 1 is 0.545 bits per heavy atom. The first kappa shape index (κ1) is 38.7. The molecule has 2 atom stereocenters. The van der Waals surface area contributed by atoms with Crippen molar-refractivity contribution in [3.8, 4) is 17.2 Å². The summed E-state index contributed by atoms with van der Waals surface area (Å²) in [6.45, 7) is -1.12. The van der Waals surface area contributed by atoms with Gasteiger partial charge in [-0.25, -0.2) is 18.0 Å². The molecule has 55 heavy (non-hydrogen) atoms. The minimum absolute atomic E-state index is 0.00865. The molecule has 6 aromatic carbocycles. The van der Waals surface area contributed by atoms with Crippen molar-refractivity contribution in [3.63, 3.8) is 0 Å². The quantitative estimate of drug-likeness (QED) is 0.105. The fourth-order valence-electron chi connectivity index (χ4n) is 5.56. The van der Waals surface area contributed by atoms with Crippen LogP contribution in [-0.4, -0.2) is 81.4 Å². The van der Waals surface area contributed by atoms with Crippen LogP contribution in [0, 0.1) is 0 Å². The van der Waals surface area contributed by atoms with Gasteiger partial charge >= 0.3 is 11.9 Å². The van der Waals surface area contributed by atoms with Gasteiger partial charge in [0.25, 0.3) is 0 Å². The molecule has 0 saturated carbocycles. The van der Waals surface area contributed by atoms with Crippen LogP contribution < -0.4 is 14.2 Å². The molecule has 6 rings (SSSR count). The first-order valence-electron chi connectivity index (χ1n) is 17.1. The van der Waals surface area contributed by atoms with E-state index in [2.05, 4.69) is 0 Å². The number of aliphatic hydroxyl groups excluding tert-OH is 3. The molecule has 0 aliphatic carbocycles. The van der Waals surface area contributed by atoms with Crippen molar-refractivity contribution in [1.29, 1.82) is 0 Å². The Kier molecular flexibility index (Phi) is 12.3. The van der Waals surface area contributed by atoms with Crippen LogP contribution >= 0.6 is 0 Å². The van der Waals surface area contributed by atoms with E-state index >= 15 is 0 Å². The summed E-state index contributed by atoms with van der Waals surface area (Å²) in [5, 5.41) is 33.4. The zero-order chi connectivity index (χ0) is 39.0. The van der Waals surface area contributed by atoms with Crippen LogP contribution in [0.15, 0.2) is 131 Å². The third kappa shape index (κ3) is 9.77. The van der Waals surface area contributed by atoms with E-state index in [0.29, 0.717) is 28.4 Å². The van der Waals surface area contributed by atoms with Crippen LogP contribution in [0.25, 0.3) is 21.5 Å². The monoisotopic (exact) mass is 766 g/mol. The number of hydrogen-bond acceptors (Lipinski definition) is 12. The Morgan fingerprint density at radius 2 is 0.964 bits per heavy atom. The lowest BCUT2D eigenvalue weighted by Crippen LogP contribution is -2.25. The summed E-state index contributed by atoms with van der Waals surface area (Å²) in [6, 6.07) is 32.3. The van der Waals surface area contributed by atoms with Gasteiger partial charge in [0.15, 0.2) is 0 Å². The summed E-state index contributed by atoms with van der Waals surface area (Å²) in [5.74, 6) is 0.0915. The second-order valence-electron chi connectivity index (χ2n) is 12.6. The fraction of sp³-hybridized carbons (Fsp3) is 0.190. The molecule has 0 amide bonds. The predicted molar refractivity (Wildman–Crippen MR) is 202 cm³/mol. The van der Waals surface area contributed by atoms with E-state index in [1.54, 1.807) is 61.7 Å². The average molecular weight is 767 g/mol. The Morgan fingerprint density at radius 3 is 1.44 bits per heavy atom. The predicted octanol–water partition coefficient (Wildman–Crippen LogP) is 5.52. The van der Waals surface area contributed by atoms with Gasteiger partial charge in [0.05, 0.1) is 34.6 Å². The number of carbonyl (C=O) groups excluding carboxylic acids is 2. The van der Waals surface area contributed by atoms with Crippen molar-refractivity contribution < 1.29 is 57.0 Å². The van der Waals surface area contributed by atoms with Crippen molar-refractivity contribution >= 4 is 43.3 Å². The second kappa shape index (κ2) is 17.4. The summed E-state index contributed by atoms with van der Waals surface area (Å²) in [6.07, 6.45) is -2.27. The van der Waals surface area contributed by atoms with Crippen LogP contribution in [0.5, 0.6) is 17.2 Å². The average Bonchev–Trinajstić information content (AvgIpc) is 3.22. The van der Waals surface area contributed by atoms with Gasteiger partial charge in [-0.2, -0.15) is 0 Å². The van der Waals surface area contributed by atoms with Gasteiger partial charge in [-0.15, -0.1) is 0 Å². The molecular weight excluding hydrogens is 729 g/mol. The first-order valence-corrected chi connectivity index (χ1v) is 18.6. The number of fused-ring (bicyclic) bond motifs is 2. The molecule has 2 unspecified atom stereocenters. The zero-order valence-corrected chi connectivity index (χ0v) is 30.5.